The highest BCUT2D eigenvalue weighted by molar-refractivity contribution is 5.08. The fraction of sp³-hybridized carbons (Fsp3) is 0.300. The summed E-state index contributed by atoms with van der Waals surface area (Å²) in [5.41, 5.74) is 8.18. The fourth-order valence-corrected chi connectivity index (χ4v) is 1.44. The smallest absolute Gasteiger partial charge is 0.0646 e. The molecule has 0 bridgehead atoms. The Labute approximate surface area is 82.7 Å². The zero-order valence-electron chi connectivity index (χ0n) is 8.14. The van der Waals surface area contributed by atoms with Gasteiger partial charge in [0, 0.05) is 18.1 Å². The van der Waals surface area contributed by atoms with Crippen molar-refractivity contribution in [3.8, 4) is 0 Å². The molecule has 0 aliphatic rings. The van der Waals surface area contributed by atoms with E-state index in [2.05, 4.69) is 10.1 Å². The zero-order chi connectivity index (χ0) is 9.97. The van der Waals surface area contributed by atoms with E-state index in [1.54, 1.807) is 0 Å². The Morgan fingerprint density at radius 3 is 3.07 bits per heavy atom. The van der Waals surface area contributed by atoms with Crippen LogP contribution in [0.5, 0.6) is 0 Å². The van der Waals surface area contributed by atoms with Gasteiger partial charge in [-0.3, -0.25) is 4.68 Å². The zero-order valence-corrected chi connectivity index (χ0v) is 8.14. The topological polar surface area (TPSA) is 59.6 Å². The summed E-state index contributed by atoms with van der Waals surface area (Å²) in [6.45, 7) is 2.72. The van der Waals surface area contributed by atoms with Gasteiger partial charge in [0.25, 0.3) is 0 Å². The molecule has 4 nitrogen and oxygen atoms in total. The van der Waals surface area contributed by atoms with E-state index < -0.39 is 0 Å². The van der Waals surface area contributed by atoms with Crippen molar-refractivity contribution in [2.75, 3.05) is 0 Å². The molecule has 0 saturated carbocycles. The average molecular weight is 190 g/mol. The largest absolute Gasteiger partial charge is 0.364 e. The van der Waals surface area contributed by atoms with Crippen molar-refractivity contribution in [3.63, 3.8) is 0 Å². The second-order valence-corrected chi connectivity index (χ2v) is 3.47. The number of hydrogen-bond acceptors (Lipinski definition) is 2. The molecule has 0 radical (unpaired) electrons. The van der Waals surface area contributed by atoms with E-state index in [1.807, 2.05) is 42.3 Å². The molecule has 3 N–H and O–H groups in total. The third-order valence-corrected chi connectivity index (χ3v) is 2.17. The Hall–Kier alpha value is -1.55. The molecule has 14 heavy (non-hydrogen) atoms. The molecule has 1 unspecified atom stereocenters. The number of nitrogens with zero attached hydrogens (tertiary/aromatic N) is 2. The van der Waals surface area contributed by atoms with Gasteiger partial charge >= 0.3 is 0 Å². The van der Waals surface area contributed by atoms with E-state index in [9.17, 15) is 0 Å². The van der Waals surface area contributed by atoms with Crippen LogP contribution in [-0.4, -0.2) is 14.8 Å². The van der Waals surface area contributed by atoms with Crippen LogP contribution < -0.4 is 5.73 Å². The molecule has 2 aromatic heterocycles. The lowest BCUT2D eigenvalue weighted by Gasteiger charge is -2.09. The highest BCUT2D eigenvalue weighted by Gasteiger charge is 2.07. The number of H-pyrrole nitrogens is 1. The van der Waals surface area contributed by atoms with E-state index >= 15 is 0 Å². The SMILES string of the molecule is Cc1cnn(CC(N)c2ccc[nH]2)c1. The number of nitrogens with two attached hydrogens (primary N) is 1. The van der Waals surface area contributed by atoms with E-state index in [-0.39, 0.29) is 6.04 Å². The lowest BCUT2D eigenvalue weighted by Crippen LogP contribution is -2.18. The number of rotatable bonds is 3. The Kier molecular flexibility index (Phi) is 2.37. The van der Waals surface area contributed by atoms with E-state index in [4.69, 9.17) is 5.73 Å². The van der Waals surface area contributed by atoms with E-state index in [0.29, 0.717) is 6.54 Å². The fourth-order valence-electron chi connectivity index (χ4n) is 1.44. The average Bonchev–Trinajstić information content (AvgIpc) is 2.75. The van der Waals surface area contributed by atoms with Crippen LogP contribution in [0.2, 0.25) is 0 Å². The predicted molar refractivity (Wildman–Crippen MR) is 54.7 cm³/mol. The maximum atomic E-state index is 5.99. The van der Waals surface area contributed by atoms with Crippen LogP contribution in [0, 0.1) is 6.92 Å². The Morgan fingerprint density at radius 1 is 1.64 bits per heavy atom. The summed E-state index contributed by atoms with van der Waals surface area (Å²) in [4.78, 5) is 3.10. The van der Waals surface area contributed by atoms with Crippen LogP contribution in [0.25, 0.3) is 0 Å². The summed E-state index contributed by atoms with van der Waals surface area (Å²) in [5.74, 6) is 0. The molecule has 2 heterocycles. The molecule has 74 valence electrons. The van der Waals surface area contributed by atoms with Crippen molar-refractivity contribution in [2.45, 2.75) is 19.5 Å². The first-order valence-electron chi connectivity index (χ1n) is 4.63. The number of nitrogens with one attached hydrogen (secondary N) is 1. The number of aromatic nitrogens is 3. The van der Waals surface area contributed by atoms with Gasteiger partial charge in [0.05, 0.1) is 18.8 Å². The monoisotopic (exact) mass is 190 g/mol. The molecule has 0 aliphatic heterocycles. The number of aryl methyl sites for hydroxylation is 1. The van der Waals surface area contributed by atoms with Gasteiger partial charge in [0.15, 0.2) is 0 Å². The Bertz CT molecular complexity index is 388. The molecule has 0 fully saturated rings. The van der Waals surface area contributed by atoms with Crippen molar-refractivity contribution in [3.05, 3.63) is 42.0 Å². The van der Waals surface area contributed by atoms with Gasteiger partial charge in [-0.2, -0.15) is 5.10 Å². The van der Waals surface area contributed by atoms with E-state index in [0.717, 1.165) is 11.3 Å². The standard InChI is InChI=1S/C10H14N4/c1-8-5-13-14(6-8)7-9(11)10-3-2-4-12-10/h2-6,9,12H,7,11H2,1H3. The molecule has 0 saturated heterocycles. The van der Waals surface area contributed by atoms with Crippen molar-refractivity contribution in [1.82, 2.24) is 14.8 Å². The summed E-state index contributed by atoms with van der Waals surface area (Å²) >= 11 is 0. The molecule has 0 aromatic carbocycles. The van der Waals surface area contributed by atoms with Crippen LogP contribution in [-0.2, 0) is 6.54 Å². The second-order valence-electron chi connectivity index (χ2n) is 3.47. The van der Waals surface area contributed by atoms with Crippen LogP contribution in [0.4, 0.5) is 0 Å². The third-order valence-electron chi connectivity index (χ3n) is 2.17. The molecule has 1 atom stereocenters. The van der Waals surface area contributed by atoms with Crippen molar-refractivity contribution >= 4 is 0 Å². The first-order chi connectivity index (χ1) is 6.75. The van der Waals surface area contributed by atoms with Gasteiger partial charge in [-0.15, -0.1) is 0 Å². The normalized spacial score (nSPS) is 13.0. The van der Waals surface area contributed by atoms with Crippen molar-refractivity contribution in [2.24, 2.45) is 5.73 Å². The summed E-state index contributed by atoms with van der Waals surface area (Å²) in [6.07, 6.45) is 5.70. The minimum atomic E-state index is -0.0238. The van der Waals surface area contributed by atoms with Crippen LogP contribution >= 0.6 is 0 Å². The van der Waals surface area contributed by atoms with Gasteiger partial charge in [0.1, 0.15) is 0 Å². The second kappa shape index (κ2) is 3.67. The van der Waals surface area contributed by atoms with Crippen molar-refractivity contribution < 1.29 is 0 Å². The van der Waals surface area contributed by atoms with Gasteiger partial charge in [0.2, 0.25) is 0 Å². The lowest BCUT2D eigenvalue weighted by molar-refractivity contribution is 0.520. The van der Waals surface area contributed by atoms with E-state index in [1.165, 1.54) is 0 Å². The molecular weight excluding hydrogens is 176 g/mol. The maximum absolute atomic E-state index is 5.99. The highest BCUT2D eigenvalue weighted by atomic mass is 15.3. The van der Waals surface area contributed by atoms with Crippen LogP contribution in [0.3, 0.4) is 0 Å². The van der Waals surface area contributed by atoms with Gasteiger partial charge < -0.3 is 10.7 Å². The van der Waals surface area contributed by atoms with Crippen molar-refractivity contribution in [1.29, 1.82) is 0 Å². The first-order valence-corrected chi connectivity index (χ1v) is 4.63. The highest BCUT2D eigenvalue weighted by Crippen LogP contribution is 2.09. The summed E-state index contributed by atoms with van der Waals surface area (Å²) in [5, 5.41) is 4.19. The molecule has 0 spiro atoms. The first kappa shape index (κ1) is 9.02. The summed E-state index contributed by atoms with van der Waals surface area (Å²) in [6, 6.07) is 3.91. The molecule has 2 aromatic rings. The molecule has 0 aliphatic carbocycles. The van der Waals surface area contributed by atoms with Crippen LogP contribution in [0.15, 0.2) is 30.7 Å². The maximum Gasteiger partial charge on any atom is 0.0646 e. The Balaban J connectivity index is 2.05. The van der Waals surface area contributed by atoms with Gasteiger partial charge in [-0.1, -0.05) is 0 Å². The molecule has 4 heteroatoms. The Morgan fingerprint density at radius 2 is 2.50 bits per heavy atom. The lowest BCUT2D eigenvalue weighted by atomic mass is 10.2. The van der Waals surface area contributed by atoms with Gasteiger partial charge in [-0.05, 0) is 24.6 Å². The van der Waals surface area contributed by atoms with Gasteiger partial charge in [-0.25, -0.2) is 0 Å². The minimum Gasteiger partial charge on any atom is -0.364 e. The summed E-state index contributed by atoms with van der Waals surface area (Å²) < 4.78 is 1.86. The third kappa shape index (κ3) is 1.85. The quantitative estimate of drug-likeness (QED) is 0.764. The molecular formula is C10H14N4. The number of hydrogen-bond donors (Lipinski definition) is 2. The van der Waals surface area contributed by atoms with Crippen LogP contribution in [0.1, 0.15) is 17.3 Å². The number of aromatic amines is 1. The molecule has 2 rings (SSSR count). The summed E-state index contributed by atoms with van der Waals surface area (Å²) in [7, 11) is 0. The molecule has 0 amide bonds. The minimum absolute atomic E-state index is 0.0238. The predicted octanol–water partition coefficient (Wildman–Crippen LogP) is 1.22.